The lowest BCUT2D eigenvalue weighted by Gasteiger charge is -2.13. The van der Waals surface area contributed by atoms with Crippen molar-refractivity contribution in [2.45, 2.75) is 26.6 Å². The van der Waals surface area contributed by atoms with E-state index in [2.05, 4.69) is 10.3 Å². The molecule has 8 nitrogen and oxygen atoms in total. The van der Waals surface area contributed by atoms with Gasteiger partial charge in [0.25, 0.3) is 0 Å². The molecule has 0 spiro atoms. The third kappa shape index (κ3) is 4.90. The number of aryl methyl sites for hydroxylation is 1. The minimum absolute atomic E-state index is 0.0150. The maximum absolute atomic E-state index is 15.5. The van der Waals surface area contributed by atoms with Crippen LogP contribution in [0.4, 0.5) is 13.6 Å². The largest absolute Gasteiger partial charge is 0.477 e. The Morgan fingerprint density at radius 2 is 1.97 bits per heavy atom. The highest BCUT2D eigenvalue weighted by molar-refractivity contribution is 7.09. The van der Waals surface area contributed by atoms with Gasteiger partial charge >= 0.3 is 12.1 Å². The zero-order chi connectivity index (χ0) is 25.1. The fourth-order valence-electron chi connectivity index (χ4n) is 3.55. The van der Waals surface area contributed by atoms with Crippen LogP contribution in [0.2, 0.25) is 0 Å². The summed E-state index contributed by atoms with van der Waals surface area (Å²) in [6, 6.07) is 9.95. The van der Waals surface area contributed by atoms with Gasteiger partial charge in [0, 0.05) is 18.1 Å². The number of hydrogen-bond acceptors (Lipinski definition) is 6. The number of benzene rings is 2. The highest BCUT2D eigenvalue weighted by atomic mass is 32.1. The number of ether oxygens (including phenoxy) is 1. The lowest BCUT2D eigenvalue weighted by molar-refractivity contribution is 0.0694. The number of carbonyl (C=O) groups excluding carboxylic acids is 1. The van der Waals surface area contributed by atoms with Crippen molar-refractivity contribution in [3.8, 4) is 11.3 Å². The molecule has 0 saturated heterocycles. The van der Waals surface area contributed by atoms with Crippen molar-refractivity contribution in [1.82, 2.24) is 14.9 Å². The molecule has 1 amide bonds. The van der Waals surface area contributed by atoms with Crippen LogP contribution in [0.25, 0.3) is 22.2 Å². The summed E-state index contributed by atoms with van der Waals surface area (Å²) in [4.78, 5) is 40.0. The number of fused-ring (bicyclic) bond motifs is 1. The molecule has 2 aromatic carbocycles. The molecule has 2 N–H and O–H groups in total. The molecule has 0 saturated carbocycles. The number of nitrogens with zero attached hydrogens (tertiary/aromatic N) is 2. The number of aromatic carboxylic acids is 1. The van der Waals surface area contributed by atoms with Gasteiger partial charge < -0.3 is 19.7 Å². The number of rotatable bonds is 7. The number of aromatic nitrogens is 2. The molecule has 4 rings (SSSR count). The van der Waals surface area contributed by atoms with Crippen LogP contribution < -0.4 is 10.7 Å². The molecule has 0 atom stereocenters. The highest BCUT2D eigenvalue weighted by Crippen LogP contribution is 2.32. The Balaban J connectivity index is 1.58. The first-order valence-electron chi connectivity index (χ1n) is 10.5. The maximum atomic E-state index is 15.5. The second-order valence-electron chi connectivity index (χ2n) is 7.45. The van der Waals surface area contributed by atoms with Crippen LogP contribution >= 0.6 is 11.3 Å². The number of alkyl carbamates (subject to hydrolysis) is 1. The Labute approximate surface area is 201 Å². The Kier molecular flexibility index (Phi) is 6.87. The van der Waals surface area contributed by atoms with Gasteiger partial charge in [0.05, 0.1) is 28.7 Å². The standard InChI is InChI=1S/C24H19F2N3O5S/c1-2-29-10-15(23(31)32)22(30)14-8-16(25)19(20(26)21(14)29)17-12-35-18(28-17)9-27-24(33)34-11-13-6-4-3-5-7-13/h3-8,10,12H,2,9,11H2,1H3,(H,27,33)(H,31,32). The molecule has 0 radical (unpaired) electrons. The van der Waals surface area contributed by atoms with Crippen LogP contribution in [0.3, 0.4) is 0 Å². The topological polar surface area (TPSA) is 111 Å². The second kappa shape index (κ2) is 10.0. The summed E-state index contributed by atoms with van der Waals surface area (Å²) >= 11 is 1.08. The highest BCUT2D eigenvalue weighted by Gasteiger charge is 2.24. The van der Waals surface area contributed by atoms with E-state index in [1.807, 2.05) is 30.3 Å². The predicted octanol–water partition coefficient (Wildman–Crippen LogP) is 4.55. The Hall–Kier alpha value is -4.12. The number of hydrogen-bond donors (Lipinski definition) is 2. The minimum Gasteiger partial charge on any atom is -0.477 e. The molecule has 0 unspecified atom stereocenters. The molecular weight excluding hydrogens is 480 g/mol. The van der Waals surface area contributed by atoms with E-state index in [4.69, 9.17) is 4.74 Å². The lowest BCUT2D eigenvalue weighted by atomic mass is 10.0. The molecule has 0 bridgehead atoms. The van der Waals surface area contributed by atoms with Gasteiger partial charge in [0.2, 0.25) is 5.43 Å². The molecule has 4 aromatic rings. The van der Waals surface area contributed by atoms with Crippen LogP contribution in [0, 0.1) is 11.6 Å². The van der Waals surface area contributed by atoms with Crippen LogP contribution in [0.1, 0.15) is 27.9 Å². The molecule has 0 aliphatic carbocycles. The second-order valence-corrected chi connectivity index (χ2v) is 8.39. The van der Waals surface area contributed by atoms with E-state index in [-0.39, 0.29) is 36.3 Å². The smallest absolute Gasteiger partial charge is 0.407 e. The molecule has 2 heterocycles. The van der Waals surface area contributed by atoms with Gasteiger partial charge in [0.15, 0.2) is 5.82 Å². The predicted molar refractivity (Wildman–Crippen MR) is 125 cm³/mol. The molecule has 35 heavy (non-hydrogen) atoms. The molecule has 0 fully saturated rings. The first-order chi connectivity index (χ1) is 16.8. The average Bonchev–Trinajstić information content (AvgIpc) is 3.31. The van der Waals surface area contributed by atoms with Gasteiger partial charge in [-0.3, -0.25) is 4.79 Å². The van der Waals surface area contributed by atoms with Crippen molar-refractivity contribution in [2.75, 3.05) is 0 Å². The van der Waals surface area contributed by atoms with Gasteiger partial charge in [-0.05, 0) is 18.6 Å². The average molecular weight is 499 g/mol. The summed E-state index contributed by atoms with van der Waals surface area (Å²) in [5.74, 6) is -3.56. The number of amides is 1. The number of pyridine rings is 1. The van der Waals surface area contributed by atoms with Crippen molar-refractivity contribution in [2.24, 2.45) is 0 Å². The first kappa shape index (κ1) is 24.0. The fourth-order valence-corrected chi connectivity index (χ4v) is 4.28. The summed E-state index contributed by atoms with van der Waals surface area (Å²) in [6.45, 7) is 1.86. The minimum atomic E-state index is -1.48. The Morgan fingerprint density at radius 3 is 2.66 bits per heavy atom. The Bertz CT molecular complexity index is 1480. The molecular formula is C24H19F2N3O5S. The summed E-state index contributed by atoms with van der Waals surface area (Å²) in [5, 5.41) is 13.2. The van der Waals surface area contributed by atoms with Crippen LogP contribution in [-0.2, 0) is 24.4 Å². The fraction of sp³-hybridized carbons (Fsp3) is 0.167. The molecule has 0 aliphatic rings. The van der Waals surface area contributed by atoms with Crippen molar-refractivity contribution in [3.05, 3.63) is 86.0 Å². The van der Waals surface area contributed by atoms with Gasteiger partial charge in [-0.1, -0.05) is 30.3 Å². The summed E-state index contributed by atoms with van der Waals surface area (Å²) in [5.41, 5.74) is -1.40. The Morgan fingerprint density at radius 1 is 1.23 bits per heavy atom. The number of carboxylic acid groups (broad SMARTS) is 1. The molecule has 11 heteroatoms. The SMILES string of the molecule is CCn1cc(C(=O)O)c(=O)c2cc(F)c(-c3csc(CNC(=O)OCc4ccccc4)n3)c(F)c21. The van der Waals surface area contributed by atoms with Crippen molar-refractivity contribution < 1.29 is 28.2 Å². The zero-order valence-electron chi connectivity index (χ0n) is 18.4. The van der Waals surface area contributed by atoms with Crippen molar-refractivity contribution in [3.63, 3.8) is 0 Å². The van der Waals surface area contributed by atoms with Crippen LogP contribution in [-0.4, -0.2) is 26.7 Å². The van der Waals surface area contributed by atoms with Gasteiger partial charge in [0.1, 0.15) is 23.0 Å². The van der Waals surface area contributed by atoms with Gasteiger partial charge in [-0.25, -0.2) is 23.4 Å². The number of carbonyl (C=O) groups is 2. The number of nitrogens with one attached hydrogen (secondary N) is 1. The van der Waals surface area contributed by atoms with E-state index in [1.165, 1.54) is 9.95 Å². The first-order valence-corrected chi connectivity index (χ1v) is 11.4. The number of carboxylic acids is 1. The normalized spacial score (nSPS) is 10.9. The van der Waals surface area contributed by atoms with E-state index in [0.29, 0.717) is 5.01 Å². The summed E-state index contributed by atoms with van der Waals surface area (Å²) in [7, 11) is 0. The number of thiazole rings is 1. The zero-order valence-corrected chi connectivity index (χ0v) is 19.2. The van der Waals surface area contributed by atoms with E-state index in [9.17, 15) is 23.9 Å². The van der Waals surface area contributed by atoms with Gasteiger partial charge in [-0.2, -0.15) is 0 Å². The summed E-state index contributed by atoms with van der Waals surface area (Å²) in [6.07, 6.45) is 0.366. The van der Waals surface area contributed by atoms with E-state index >= 15 is 4.39 Å². The molecule has 2 aromatic heterocycles. The van der Waals surface area contributed by atoms with E-state index < -0.39 is 40.3 Å². The molecule has 0 aliphatic heterocycles. The van der Waals surface area contributed by atoms with Crippen molar-refractivity contribution >= 4 is 34.3 Å². The summed E-state index contributed by atoms with van der Waals surface area (Å²) < 4.78 is 36.8. The van der Waals surface area contributed by atoms with Crippen LogP contribution in [0.15, 0.2) is 52.8 Å². The third-order valence-corrected chi connectivity index (χ3v) is 6.08. The third-order valence-electron chi connectivity index (χ3n) is 5.23. The van der Waals surface area contributed by atoms with E-state index in [0.717, 1.165) is 29.2 Å². The monoisotopic (exact) mass is 499 g/mol. The number of halogens is 2. The maximum Gasteiger partial charge on any atom is 0.407 e. The van der Waals surface area contributed by atoms with Gasteiger partial charge in [-0.15, -0.1) is 11.3 Å². The molecule has 180 valence electrons. The quantitative estimate of drug-likeness (QED) is 0.386. The van der Waals surface area contributed by atoms with Crippen molar-refractivity contribution in [1.29, 1.82) is 0 Å². The lowest BCUT2D eigenvalue weighted by Crippen LogP contribution is -2.23. The van der Waals surface area contributed by atoms with E-state index in [1.54, 1.807) is 6.92 Å². The van der Waals surface area contributed by atoms with Crippen LogP contribution in [0.5, 0.6) is 0 Å².